The zero-order valence-corrected chi connectivity index (χ0v) is 9.14. The number of Topliss-reactive ketones (excluding diaryl/α,β-unsaturated/α-hetero) is 1. The molecule has 0 unspecified atom stereocenters. The zero-order valence-electron chi connectivity index (χ0n) is 8.38. The summed E-state index contributed by atoms with van der Waals surface area (Å²) < 4.78 is 1.62. The lowest BCUT2D eigenvalue weighted by Crippen LogP contribution is -2.11. The van der Waals surface area contributed by atoms with E-state index >= 15 is 0 Å². The first-order valence-electron chi connectivity index (χ1n) is 4.49. The van der Waals surface area contributed by atoms with Crippen molar-refractivity contribution in [2.75, 3.05) is 0 Å². The van der Waals surface area contributed by atoms with Gasteiger partial charge in [0.2, 0.25) is 5.78 Å². The van der Waals surface area contributed by atoms with Crippen molar-refractivity contribution >= 4 is 17.4 Å². The molecule has 0 aromatic carbocycles. The normalized spacial score (nSPS) is 10.2. The number of ketones is 1. The van der Waals surface area contributed by atoms with E-state index in [0.717, 1.165) is 6.42 Å². The molecule has 0 aliphatic carbocycles. The Labute approximate surface area is 88.4 Å². The van der Waals surface area contributed by atoms with E-state index < -0.39 is 0 Å². The molecule has 1 aromatic rings. The maximum Gasteiger partial charge on any atom is 0.207 e. The molecule has 0 spiro atoms. The number of carbonyl (C=O) groups excluding carboxylic acids is 1. The van der Waals surface area contributed by atoms with E-state index in [1.54, 1.807) is 11.6 Å². The molecule has 0 saturated carbocycles. The lowest BCUT2D eigenvalue weighted by Gasteiger charge is -2.04. The maximum absolute atomic E-state index is 11.7. The van der Waals surface area contributed by atoms with E-state index in [9.17, 15) is 4.79 Å². The molecule has 0 bridgehead atoms. The van der Waals surface area contributed by atoms with Crippen LogP contribution in [0.4, 0.5) is 0 Å². The average Bonchev–Trinajstić information content (AvgIpc) is 2.47. The van der Waals surface area contributed by atoms with Gasteiger partial charge in [-0.05, 0) is 18.9 Å². The van der Waals surface area contributed by atoms with Gasteiger partial charge in [0.25, 0.3) is 0 Å². The Morgan fingerprint density at radius 2 is 2.36 bits per heavy atom. The Morgan fingerprint density at radius 1 is 1.71 bits per heavy atom. The summed E-state index contributed by atoms with van der Waals surface area (Å²) in [6.45, 7) is 7.99. The predicted molar refractivity (Wildman–Crippen MR) is 56.7 cm³/mol. The van der Waals surface area contributed by atoms with Gasteiger partial charge in [0.05, 0.1) is 11.2 Å². The van der Waals surface area contributed by atoms with Crippen LogP contribution in [-0.4, -0.2) is 15.6 Å². The van der Waals surface area contributed by atoms with Crippen molar-refractivity contribution in [2.24, 2.45) is 0 Å². The largest absolute Gasteiger partial charge is 0.287 e. The molecule has 1 rings (SSSR count). The van der Waals surface area contributed by atoms with Crippen LogP contribution in [0.1, 0.15) is 30.8 Å². The summed E-state index contributed by atoms with van der Waals surface area (Å²) >= 11 is 5.87. The van der Waals surface area contributed by atoms with Crippen molar-refractivity contribution in [3.63, 3.8) is 0 Å². The fourth-order valence-electron chi connectivity index (χ4n) is 1.17. The molecule has 0 aliphatic rings. The number of hydrogen-bond donors (Lipinski definition) is 0. The maximum atomic E-state index is 11.7. The molecule has 0 amide bonds. The van der Waals surface area contributed by atoms with Gasteiger partial charge in [-0.2, -0.15) is 5.10 Å². The lowest BCUT2D eigenvalue weighted by atomic mass is 10.1. The van der Waals surface area contributed by atoms with Crippen molar-refractivity contribution in [3.8, 4) is 0 Å². The van der Waals surface area contributed by atoms with Crippen molar-refractivity contribution in [1.29, 1.82) is 0 Å². The van der Waals surface area contributed by atoms with Crippen LogP contribution in [0.3, 0.4) is 0 Å². The molecular weight excluding hydrogens is 200 g/mol. The standard InChI is InChI=1S/C10H13ClN2O/c1-4-5-13-9(8(11)6-12-13)10(14)7(2)3/h6H,2,4-5H2,1,3H3. The van der Waals surface area contributed by atoms with Crippen LogP contribution in [0.15, 0.2) is 18.3 Å². The predicted octanol–water partition coefficient (Wildman–Crippen LogP) is 2.71. The third-order valence-electron chi connectivity index (χ3n) is 1.83. The lowest BCUT2D eigenvalue weighted by molar-refractivity contribution is 0.102. The molecular formula is C10H13ClN2O. The second kappa shape index (κ2) is 4.42. The summed E-state index contributed by atoms with van der Waals surface area (Å²) in [6.07, 6.45) is 2.40. The van der Waals surface area contributed by atoms with Gasteiger partial charge in [-0.1, -0.05) is 25.1 Å². The van der Waals surface area contributed by atoms with Crippen LogP contribution in [0.5, 0.6) is 0 Å². The SMILES string of the molecule is C=C(C)C(=O)c1c(Cl)cnn1CCC. The van der Waals surface area contributed by atoms with Crippen LogP contribution in [0.25, 0.3) is 0 Å². The Morgan fingerprint density at radius 3 is 2.86 bits per heavy atom. The van der Waals surface area contributed by atoms with Crippen molar-refractivity contribution in [3.05, 3.63) is 29.1 Å². The Hall–Kier alpha value is -1.09. The summed E-state index contributed by atoms with van der Waals surface area (Å²) in [5.41, 5.74) is 0.922. The molecule has 0 radical (unpaired) electrons. The fraction of sp³-hybridized carbons (Fsp3) is 0.400. The highest BCUT2D eigenvalue weighted by molar-refractivity contribution is 6.34. The van der Waals surface area contributed by atoms with Crippen molar-refractivity contribution < 1.29 is 4.79 Å². The highest BCUT2D eigenvalue weighted by atomic mass is 35.5. The van der Waals surface area contributed by atoms with E-state index in [1.165, 1.54) is 6.20 Å². The topological polar surface area (TPSA) is 34.9 Å². The van der Waals surface area contributed by atoms with Gasteiger partial charge in [-0.15, -0.1) is 0 Å². The summed E-state index contributed by atoms with van der Waals surface area (Å²) in [4.78, 5) is 11.7. The summed E-state index contributed by atoms with van der Waals surface area (Å²) in [6, 6.07) is 0. The van der Waals surface area contributed by atoms with E-state index in [0.29, 0.717) is 22.8 Å². The quantitative estimate of drug-likeness (QED) is 0.568. The third-order valence-corrected chi connectivity index (χ3v) is 2.11. The first-order valence-corrected chi connectivity index (χ1v) is 4.87. The minimum atomic E-state index is -0.138. The number of nitrogens with zero attached hydrogens (tertiary/aromatic N) is 2. The number of allylic oxidation sites excluding steroid dienone is 1. The molecule has 76 valence electrons. The highest BCUT2D eigenvalue weighted by Crippen LogP contribution is 2.18. The average molecular weight is 213 g/mol. The number of halogens is 1. The van der Waals surface area contributed by atoms with Gasteiger partial charge in [-0.3, -0.25) is 9.48 Å². The smallest absolute Gasteiger partial charge is 0.207 e. The molecule has 0 atom stereocenters. The zero-order chi connectivity index (χ0) is 10.7. The van der Waals surface area contributed by atoms with Crippen LogP contribution in [0.2, 0.25) is 5.02 Å². The van der Waals surface area contributed by atoms with Crippen molar-refractivity contribution in [1.82, 2.24) is 9.78 Å². The molecule has 0 N–H and O–H groups in total. The van der Waals surface area contributed by atoms with Gasteiger partial charge >= 0.3 is 0 Å². The van der Waals surface area contributed by atoms with Gasteiger partial charge in [0.1, 0.15) is 5.69 Å². The first kappa shape index (κ1) is 11.0. The van der Waals surface area contributed by atoms with E-state index in [4.69, 9.17) is 11.6 Å². The number of carbonyl (C=O) groups is 1. The second-order valence-corrected chi connectivity index (χ2v) is 3.58. The molecule has 3 nitrogen and oxygen atoms in total. The first-order chi connectivity index (χ1) is 6.57. The molecule has 0 saturated heterocycles. The molecule has 1 heterocycles. The third kappa shape index (κ3) is 2.04. The van der Waals surface area contributed by atoms with E-state index in [2.05, 4.69) is 11.7 Å². The summed E-state index contributed by atoms with van der Waals surface area (Å²) in [5.74, 6) is -0.138. The van der Waals surface area contributed by atoms with Crippen LogP contribution >= 0.6 is 11.6 Å². The number of rotatable bonds is 4. The fourth-order valence-corrected chi connectivity index (χ4v) is 1.40. The Kier molecular flexibility index (Phi) is 3.47. The molecule has 1 aromatic heterocycles. The number of aromatic nitrogens is 2. The Bertz CT molecular complexity index is 368. The van der Waals surface area contributed by atoms with Crippen LogP contribution < -0.4 is 0 Å². The monoisotopic (exact) mass is 212 g/mol. The van der Waals surface area contributed by atoms with E-state index in [-0.39, 0.29) is 5.78 Å². The van der Waals surface area contributed by atoms with Crippen LogP contribution in [0, 0.1) is 0 Å². The van der Waals surface area contributed by atoms with Gasteiger partial charge in [0, 0.05) is 6.54 Å². The molecule has 0 fully saturated rings. The molecule has 4 heteroatoms. The van der Waals surface area contributed by atoms with Crippen molar-refractivity contribution in [2.45, 2.75) is 26.8 Å². The number of aryl methyl sites for hydroxylation is 1. The molecule has 0 aliphatic heterocycles. The minimum absolute atomic E-state index is 0.138. The number of hydrogen-bond acceptors (Lipinski definition) is 2. The second-order valence-electron chi connectivity index (χ2n) is 3.17. The summed E-state index contributed by atoms with van der Waals surface area (Å²) in [5, 5.41) is 4.43. The van der Waals surface area contributed by atoms with Crippen LogP contribution in [-0.2, 0) is 6.54 Å². The summed E-state index contributed by atoms with van der Waals surface area (Å²) in [7, 11) is 0. The van der Waals surface area contributed by atoms with Gasteiger partial charge < -0.3 is 0 Å². The minimum Gasteiger partial charge on any atom is -0.287 e. The van der Waals surface area contributed by atoms with Gasteiger partial charge in [-0.25, -0.2) is 0 Å². The van der Waals surface area contributed by atoms with E-state index in [1.807, 2.05) is 6.92 Å². The highest BCUT2D eigenvalue weighted by Gasteiger charge is 2.17. The Balaban J connectivity index is 3.10. The van der Waals surface area contributed by atoms with Gasteiger partial charge in [0.15, 0.2) is 0 Å². The molecule has 14 heavy (non-hydrogen) atoms.